The van der Waals surface area contributed by atoms with Crippen molar-refractivity contribution in [2.75, 3.05) is 6.54 Å². The van der Waals surface area contributed by atoms with Crippen molar-refractivity contribution in [2.24, 2.45) is 0 Å². The molecule has 1 aromatic carbocycles. The lowest BCUT2D eigenvalue weighted by molar-refractivity contribution is -0.00270. The molecule has 2 rings (SSSR count). The molecule has 0 aliphatic carbocycles. The van der Waals surface area contributed by atoms with Crippen LogP contribution in [0.1, 0.15) is 10.4 Å². The van der Waals surface area contributed by atoms with Gasteiger partial charge in [0.1, 0.15) is 6.10 Å². The van der Waals surface area contributed by atoms with Crippen LogP contribution in [0.5, 0.6) is 0 Å². The number of benzene rings is 1. The van der Waals surface area contributed by atoms with Gasteiger partial charge in [0.05, 0.1) is 5.52 Å². The molecule has 2 N–H and O–H groups in total. The molecule has 0 saturated carbocycles. The number of carbonyl (C=O) groups is 1. The van der Waals surface area contributed by atoms with E-state index in [1.165, 1.54) is 0 Å². The van der Waals surface area contributed by atoms with Crippen LogP contribution in [0.3, 0.4) is 0 Å². The van der Waals surface area contributed by atoms with E-state index >= 15 is 0 Å². The molecule has 19 heavy (non-hydrogen) atoms. The lowest BCUT2D eigenvalue weighted by atomic mass is 10.1. The monoisotopic (exact) mass is 266 g/mol. The predicted molar refractivity (Wildman–Crippen MR) is 66.1 cm³/mol. The first-order valence-corrected chi connectivity index (χ1v) is 5.67. The predicted octanol–water partition coefficient (Wildman–Crippen LogP) is 1.59. The van der Waals surface area contributed by atoms with Gasteiger partial charge in [0.25, 0.3) is 12.3 Å². The Labute approximate surface area is 108 Å². The van der Waals surface area contributed by atoms with E-state index in [9.17, 15) is 13.6 Å². The lowest BCUT2D eigenvalue weighted by Crippen LogP contribution is -2.35. The quantitative estimate of drug-likeness (QED) is 0.883. The van der Waals surface area contributed by atoms with Crippen LogP contribution >= 0.6 is 0 Å². The van der Waals surface area contributed by atoms with E-state index in [0.717, 1.165) is 10.9 Å². The fourth-order valence-corrected chi connectivity index (χ4v) is 1.61. The van der Waals surface area contributed by atoms with Crippen molar-refractivity contribution in [3.63, 3.8) is 0 Å². The minimum atomic E-state index is -2.87. The summed E-state index contributed by atoms with van der Waals surface area (Å²) in [4.78, 5) is 15.8. The number of alkyl halides is 2. The zero-order valence-electron chi connectivity index (χ0n) is 9.88. The molecular formula is C13H12F2N2O2. The van der Waals surface area contributed by atoms with Crippen molar-refractivity contribution in [1.82, 2.24) is 10.3 Å². The molecule has 0 bridgehead atoms. The molecule has 100 valence electrons. The Kier molecular flexibility index (Phi) is 4.01. The second-order valence-corrected chi connectivity index (χ2v) is 4.02. The third kappa shape index (κ3) is 3.23. The highest BCUT2D eigenvalue weighted by atomic mass is 19.3. The largest absolute Gasteiger partial charge is 0.385 e. The number of halogens is 2. The highest BCUT2D eigenvalue weighted by molar-refractivity contribution is 5.97. The van der Waals surface area contributed by atoms with Gasteiger partial charge in [0, 0.05) is 23.7 Å². The number of carbonyl (C=O) groups excluding carboxylic acids is 1. The summed E-state index contributed by atoms with van der Waals surface area (Å²) >= 11 is 0. The van der Waals surface area contributed by atoms with Crippen LogP contribution in [0.2, 0.25) is 0 Å². The van der Waals surface area contributed by atoms with Crippen molar-refractivity contribution in [2.45, 2.75) is 12.5 Å². The molecule has 1 atom stereocenters. The number of amides is 1. The van der Waals surface area contributed by atoms with E-state index in [1.54, 1.807) is 36.5 Å². The Morgan fingerprint density at radius 3 is 2.89 bits per heavy atom. The normalized spacial score (nSPS) is 12.6. The number of rotatable bonds is 4. The van der Waals surface area contributed by atoms with Crippen LogP contribution in [0, 0.1) is 0 Å². The SMILES string of the molecule is O=C(NCC(O)C(F)F)c1ccc2ncccc2c1. The summed E-state index contributed by atoms with van der Waals surface area (Å²) in [6, 6.07) is 8.39. The fourth-order valence-electron chi connectivity index (χ4n) is 1.61. The summed E-state index contributed by atoms with van der Waals surface area (Å²) in [6.07, 6.45) is -3.09. The Bertz CT molecular complexity index is 590. The van der Waals surface area contributed by atoms with E-state index in [2.05, 4.69) is 10.3 Å². The molecule has 1 heterocycles. The van der Waals surface area contributed by atoms with Gasteiger partial charge in [0.15, 0.2) is 0 Å². The molecule has 6 heteroatoms. The minimum Gasteiger partial charge on any atom is -0.385 e. The van der Waals surface area contributed by atoms with E-state index in [-0.39, 0.29) is 0 Å². The van der Waals surface area contributed by atoms with Crippen molar-refractivity contribution in [3.05, 3.63) is 42.1 Å². The Hall–Kier alpha value is -2.08. The molecule has 0 radical (unpaired) electrons. The average molecular weight is 266 g/mol. The maximum Gasteiger partial charge on any atom is 0.265 e. The minimum absolute atomic E-state index is 0.335. The fraction of sp³-hybridized carbons (Fsp3) is 0.231. The Balaban J connectivity index is 2.09. The molecule has 2 aromatic rings. The first-order valence-electron chi connectivity index (χ1n) is 5.67. The number of hydrogen-bond acceptors (Lipinski definition) is 3. The van der Waals surface area contributed by atoms with Crippen LogP contribution in [0.15, 0.2) is 36.5 Å². The van der Waals surface area contributed by atoms with Gasteiger partial charge in [-0.05, 0) is 24.3 Å². The zero-order chi connectivity index (χ0) is 13.8. The van der Waals surface area contributed by atoms with Crippen LogP contribution in [0.4, 0.5) is 8.78 Å². The van der Waals surface area contributed by atoms with E-state index < -0.39 is 25.0 Å². The number of aliphatic hydroxyl groups is 1. The third-order valence-corrected chi connectivity index (χ3v) is 2.63. The van der Waals surface area contributed by atoms with Gasteiger partial charge in [-0.15, -0.1) is 0 Å². The topological polar surface area (TPSA) is 62.2 Å². The molecule has 0 fully saturated rings. The van der Waals surface area contributed by atoms with Crippen molar-refractivity contribution < 1.29 is 18.7 Å². The average Bonchev–Trinajstić information content (AvgIpc) is 2.43. The van der Waals surface area contributed by atoms with Gasteiger partial charge in [-0.25, -0.2) is 8.78 Å². The van der Waals surface area contributed by atoms with Gasteiger partial charge < -0.3 is 10.4 Å². The summed E-state index contributed by atoms with van der Waals surface area (Å²) in [6.45, 7) is -0.485. The van der Waals surface area contributed by atoms with Crippen LogP contribution in [-0.2, 0) is 0 Å². The van der Waals surface area contributed by atoms with Crippen molar-refractivity contribution >= 4 is 16.8 Å². The highest BCUT2D eigenvalue weighted by Crippen LogP contribution is 2.13. The van der Waals surface area contributed by atoms with E-state index in [1.807, 2.05) is 0 Å². The third-order valence-electron chi connectivity index (χ3n) is 2.63. The lowest BCUT2D eigenvalue weighted by Gasteiger charge is -2.10. The summed E-state index contributed by atoms with van der Waals surface area (Å²) in [5.41, 5.74) is 1.08. The Morgan fingerprint density at radius 1 is 1.37 bits per heavy atom. The van der Waals surface area contributed by atoms with Crippen molar-refractivity contribution in [3.8, 4) is 0 Å². The second-order valence-electron chi connectivity index (χ2n) is 4.02. The molecule has 4 nitrogen and oxygen atoms in total. The van der Waals surface area contributed by atoms with Gasteiger partial charge >= 0.3 is 0 Å². The summed E-state index contributed by atoms with van der Waals surface area (Å²) in [5.74, 6) is -0.509. The first kappa shape index (κ1) is 13.4. The Morgan fingerprint density at radius 2 is 2.16 bits per heavy atom. The summed E-state index contributed by atoms with van der Waals surface area (Å²) in [5, 5.41) is 12.0. The molecule has 0 spiro atoms. The number of aliphatic hydroxyl groups excluding tert-OH is 1. The van der Waals surface area contributed by atoms with Crippen LogP contribution in [0.25, 0.3) is 10.9 Å². The second kappa shape index (κ2) is 5.71. The van der Waals surface area contributed by atoms with Crippen molar-refractivity contribution in [1.29, 1.82) is 0 Å². The number of hydrogen-bond donors (Lipinski definition) is 2. The zero-order valence-corrected chi connectivity index (χ0v) is 9.88. The van der Waals surface area contributed by atoms with Gasteiger partial charge in [-0.1, -0.05) is 6.07 Å². The van der Waals surface area contributed by atoms with Gasteiger partial charge in [0.2, 0.25) is 0 Å². The summed E-state index contributed by atoms with van der Waals surface area (Å²) < 4.78 is 24.2. The standard InChI is InChI=1S/C13H12F2N2O2/c14-12(15)11(18)7-17-13(19)9-3-4-10-8(6-9)2-1-5-16-10/h1-6,11-12,18H,7H2,(H,17,19). The van der Waals surface area contributed by atoms with E-state index in [0.29, 0.717) is 5.56 Å². The van der Waals surface area contributed by atoms with Gasteiger partial charge in [-0.2, -0.15) is 0 Å². The van der Waals surface area contributed by atoms with Gasteiger partial charge in [-0.3, -0.25) is 9.78 Å². The van der Waals surface area contributed by atoms with E-state index in [4.69, 9.17) is 5.11 Å². The molecular weight excluding hydrogens is 254 g/mol. The smallest absolute Gasteiger partial charge is 0.265 e. The molecule has 0 aliphatic rings. The number of pyridine rings is 1. The number of nitrogens with zero attached hydrogens (tertiary/aromatic N) is 1. The van der Waals surface area contributed by atoms with Crippen LogP contribution in [-0.4, -0.2) is 35.1 Å². The molecule has 0 aliphatic heterocycles. The first-order chi connectivity index (χ1) is 9.08. The number of fused-ring (bicyclic) bond motifs is 1. The van der Waals surface area contributed by atoms with Crippen LogP contribution < -0.4 is 5.32 Å². The maximum absolute atomic E-state index is 12.1. The number of nitrogens with one attached hydrogen (secondary N) is 1. The number of aromatic nitrogens is 1. The molecule has 0 saturated heterocycles. The highest BCUT2D eigenvalue weighted by Gasteiger charge is 2.17. The molecule has 1 aromatic heterocycles. The molecule has 1 unspecified atom stereocenters. The summed E-state index contributed by atoms with van der Waals surface area (Å²) in [7, 11) is 0. The maximum atomic E-state index is 12.1. The molecule has 1 amide bonds.